The summed E-state index contributed by atoms with van der Waals surface area (Å²) < 4.78 is 4.68. The van der Waals surface area contributed by atoms with Crippen molar-refractivity contribution in [3.8, 4) is 51.0 Å². The molecule has 5 nitrogen and oxygen atoms in total. The van der Waals surface area contributed by atoms with Gasteiger partial charge in [-0.2, -0.15) is 0 Å². The van der Waals surface area contributed by atoms with Crippen molar-refractivity contribution in [1.29, 1.82) is 0 Å². The third kappa shape index (κ3) is 6.22. The van der Waals surface area contributed by atoms with Crippen LogP contribution in [-0.4, -0.2) is 24.2 Å². The van der Waals surface area contributed by atoms with Crippen molar-refractivity contribution >= 4 is 22.1 Å². The van der Waals surface area contributed by atoms with E-state index in [0.29, 0.717) is 17.4 Å². The first-order chi connectivity index (χ1) is 26.5. The van der Waals surface area contributed by atoms with Gasteiger partial charge in [0.25, 0.3) is 0 Å². The summed E-state index contributed by atoms with van der Waals surface area (Å²) in [4.78, 5) is 10.8. The maximum atomic E-state index is 11.3. The first-order valence-electron chi connectivity index (χ1n) is 19.7. The van der Waals surface area contributed by atoms with Crippen LogP contribution in [0.5, 0.6) is 5.75 Å². The molecule has 0 fully saturated rings. The molecule has 0 amide bonds. The summed E-state index contributed by atoms with van der Waals surface area (Å²) in [6, 6.07) is 44.6. The summed E-state index contributed by atoms with van der Waals surface area (Å²) in [7, 11) is 0. The molecule has 276 valence electrons. The van der Waals surface area contributed by atoms with Crippen molar-refractivity contribution in [3.05, 3.63) is 150 Å². The van der Waals surface area contributed by atoms with Gasteiger partial charge < -0.3 is 5.11 Å². The van der Waals surface area contributed by atoms with Gasteiger partial charge in [0, 0.05) is 11.1 Å². The highest BCUT2D eigenvalue weighted by Gasteiger charge is 2.26. The number of para-hydroxylation sites is 6. The second-order valence-electron chi connectivity index (χ2n) is 16.0. The lowest BCUT2D eigenvalue weighted by atomic mass is 9.92. The topological polar surface area (TPSA) is 55.9 Å². The number of hydrogen-bond donors (Lipinski definition) is 1. The summed E-state index contributed by atoms with van der Waals surface area (Å²) in [5, 5.41) is 11.3. The number of aromatic hydroxyl groups is 1. The molecule has 2 heterocycles. The SMILES string of the molecule is CC(C)c1cccc(C(C)C)c1-n1c(-c2cccc(-c3cccc4c3nc(-c3ccccc3O)n4-c3c(C(C)C)cccc3C(C)C)c2)nc2ccccc21. The monoisotopic (exact) mass is 722 g/mol. The predicted molar refractivity (Wildman–Crippen MR) is 230 cm³/mol. The average molecular weight is 723 g/mol. The Bertz CT molecular complexity index is 2640. The standard InChI is InChI=1S/C50H50N4O/c1-30(2)36-20-14-21-37(31(3)4)47(36)53-43-26-11-10-25-42(43)51-49(53)35-18-13-17-34(29-35)40-24-16-27-44-46(40)52-50(41-19-9-12-28-45(41)55)54(44)48-38(32(5)6)22-15-23-39(48)33(7)8/h9-33,55H,1-8H3. The number of rotatable bonds is 9. The summed E-state index contributed by atoms with van der Waals surface area (Å²) in [6.45, 7) is 18.1. The first-order valence-corrected chi connectivity index (χ1v) is 19.7. The highest BCUT2D eigenvalue weighted by molar-refractivity contribution is 5.97. The van der Waals surface area contributed by atoms with Gasteiger partial charge in [0.15, 0.2) is 0 Å². The van der Waals surface area contributed by atoms with Gasteiger partial charge in [-0.25, -0.2) is 9.97 Å². The molecule has 5 heteroatoms. The minimum absolute atomic E-state index is 0.206. The second kappa shape index (κ2) is 14.4. The zero-order valence-corrected chi connectivity index (χ0v) is 33.2. The van der Waals surface area contributed by atoms with Gasteiger partial charge in [0.05, 0.1) is 39.0 Å². The third-order valence-electron chi connectivity index (χ3n) is 11.0. The van der Waals surface area contributed by atoms with Crippen LogP contribution < -0.4 is 0 Å². The van der Waals surface area contributed by atoms with Crippen LogP contribution in [-0.2, 0) is 0 Å². The Hall–Kier alpha value is -5.94. The highest BCUT2D eigenvalue weighted by atomic mass is 16.3. The molecule has 6 aromatic carbocycles. The van der Waals surface area contributed by atoms with E-state index in [-0.39, 0.29) is 17.6 Å². The van der Waals surface area contributed by atoms with Crippen molar-refractivity contribution in [2.45, 2.75) is 79.1 Å². The predicted octanol–water partition coefficient (Wildman–Crippen LogP) is 13.6. The molecule has 55 heavy (non-hydrogen) atoms. The molecular formula is C50H50N4O. The van der Waals surface area contributed by atoms with E-state index >= 15 is 0 Å². The smallest absolute Gasteiger partial charge is 0.149 e. The normalized spacial score (nSPS) is 12.0. The number of phenolic OH excluding ortho intramolecular Hbond substituents is 1. The van der Waals surface area contributed by atoms with E-state index in [1.807, 2.05) is 18.2 Å². The quantitative estimate of drug-likeness (QED) is 0.161. The van der Waals surface area contributed by atoms with Crippen molar-refractivity contribution in [2.75, 3.05) is 0 Å². The summed E-state index contributed by atoms with van der Waals surface area (Å²) in [6.07, 6.45) is 0. The van der Waals surface area contributed by atoms with Gasteiger partial charge in [-0.1, -0.05) is 146 Å². The van der Waals surface area contributed by atoms with E-state index in [4.69, 9.17) is 9.97 Å². The number of hydrogen-bond acceptors (Lipinski definition) is 3. The van der Waals surface area contributed by atoms with Crippen LogP contribution in [0.15, 0.2) is 127 Å². The van der Waals surface area contributed by atoms with Crippen LogP contribution >= 0.6 is 0 Å². The molecule has 0 saturated heterocycles. The average Bonchev–Trinajstić information content (AvgIpc) is 3.76. The van der Waals surface area contributed by atoms with Crippen LogP contribution in [0.2, 0.25) is 0 Å². The Labute approximate surface area is 325 Å². The first kappa shape index (κ1) is 36.1. The van der Waals surface area contributed by atoms with E-state index in [2.05, 4.69) is 168 Å². The van der Waals surface area contributed by atoms with E-state index in [1.165, 1.54) is 27.9 Å². The Morgan fingerprint density at radius 1 is 0.436 bits per heavy atom. The van der Waals surface area contributed by atoms with Crippen LogP contribution in [0.25, 0.3) is 67.3 Å². The molecule has 0 saturated carbocycles. The number of benzene rings is 6. The van der Waals surface area contributed by atoms with Crippen molar-refractivity contribution in [2.24, 2.45) is 0 Å². The minimum Gasteiger partial charge on any atom is -0.507 e. The maximum absolute atomic E-state index is 11.3. The lowest BCUT2D eigenvalue weighted by Crippen LogP contribution is -2.08. The third-order valence-corrected chi connectivity index (χ3v) is 11.0. The molecule has 1 N–H and O–H groups in total. The molecule has 8 rings (SSSR count). The molecule has 2 aromatic heterocycles. The summed E-state index contributed by atoms with van der Waals surface area (Å²) in [5.74, 6) is 3.06. The van der Waals surface area contributed by atoms with E-state index in [1.54, 1.807) is 6.07 Å². The minimum atomic E-state index is 0.206. The van der Waals surface area contributed by atoms with E-state index in [9.17, 15) is 5.11 Å². The Balaban J connectivity index is 1.40. The number of fused-ring (bicyclic) bond motifs is 2. The van der Waals surface area contributed by atoms with Crippen molar-refractivity contribution in [3.63, 3.8) is 0 Å². The molecular weight excluding hydrogens is 673 g/mol. The molecule has 0 aliphatic carbocycles. The molecule has 8 aromatic rings. The van der Waals surface area contributed by atoms with Crippen LogP contribution in [0, 0.1) is 0 Å². The van der Waals surface area contributed by atoms with E-state index in [0.717, 1.165) is 56.1 Å². The number of imidazole rings is 2. The van der Waals surface area contributed by atoms with Crippen molar-refractivity contribution in [1.82, 2.24) is 19.1 Å². The molecule has 0 spiro atoms. The van der Waals surface area contributed by atoms with Gasteiger partial charge in [-0.15, -0.1) is 0 Å². The van der Waals surface area contributed by atoms with Crippen LogP contribution in [0.3, 0.4) is 0 Å². The fourth-order valence-corrected chi connectivity index (χ4v) is 8.21. The van der Waals surface area contributed by atoms with Gasteiger partial charge in [0.2, 0.25) is 0 Å². The fourth-order valence-electron chi connectivity index (χ4n) is 8.21. The Morgan fingerprint density at radius 3 is 1.51 bits per heavy atom. The molecule has 0 radical (unpaired) electrons. The lowest BCUT2D eigenvalue weighted by molar-refractivity contribution is 0.477. The number of nitrogens with zero attached hydrogens (tertiary/aromatic N) is 4. The second-order valence-corrected chi connectivity index (χ2v) is 16.0. The zero-order valence-electron chi connectivity index (χ0n) is 33.2. The summed E-state index contributed by atoms with van der Waals surface area (Å²) in [5.41, 5.74) is 15.2. The molecule has 0 bridgehead atoms. The van der Waals surface area contributed by atoms with Crippen molar-refractivity contribution < 1.29 is 5.11 Å². The zero-order chi connectivity index (χ0) is 38.5. The molecule has 0 atom stereocenters. The Kier molecular flexibility index (Phi) is 9.42. The van der Waals surface area contributed by atoms with Crippen LogP contribution in [0.4, 0.5) is 0 Å². The fraction of sp³-hybridized carbons (Fsp3) is 0.240. The number of phenols is 1. The van der Waals surface area contributed by atoms with Crippen LogP contribution in [0.1, 0.15) is 101 Å². The highest BCUT2D eigenvalue weighted by Crippen LogP contribution is 2.43. The lowest BCUT2D eigenvalue weighted by Gasteiger charge is -2.23. The van der Waals surface area contributed by atoms with Gasteiger partial charge in [-0.3, -0.25) is 9.13 Å². The van der Waals surface area contributed by atoms with Gasteiger partial charge in [-0.05, 0) is 87.9 Å². The molecule has 0 aliphatic heterocycles. The summed E-state index contributed by atoms with van der Waals surface area (Å²) >= 11 is 0. The maximum Gasteiger partial charge on any atom is 0.149 e. The largest absolute Gasteiger partial charge is 0.507 e. The number of aromatic nitrogens is 4. The molecule has 0 unspecified atom stereocenters. The molecule has 0 aliphatic rings. The van der Waals surface area contributed by atoms with Gasteiger partial charge in [0.1, 0.15) is 17.4 Å². The Morgan fingerprint density at radius 2 is 0.909 bits per heavy atom. The van der Waals surface area contributed by atoms with E-state index < -0.39 is 0 Å². The van der Waals surface area contributed by atoms with Gasteiger partial charge >= 0.3 is 0 Å².